The van der Waals surface area contributed by atoms with Gasteiger partial charge in [0.15, 0.2) is 0 Å². The third-order valence-corrected chi connectivity index (χ3v) is 5.48. The Balaban J connectivity index is 1.33. The maximum absolute atomic E-state index is 12.3. The molecule has 3 aromatic rings. The number of carbonyl (C=O) groups excluding carboxylic acids is 1. The highest BCUT2D eigenvalue weighted by Gasteiger charge is 2.19. The predicted molar refractivity (Wildman–Crippen MR) is 117 cm³/mol. The highest BCUT2D eigenvalue weighted by atomic mass is 16.6. The van der Waals surface area contributed by atoms with Crippen LogP contribution in [-0.4, -0.2) is 23.9 Å². The fourth-order valence-corrected chi connectivity index (χ4v) is 3.83. The SMILES string of the molecule is O=C(NCCc1ccc(N2CCc3ccccc3C2)cc1)c1ccccc1[N+](=O)[O-]. The van der Waals surface area contributed by atoms with Crippen LogP contribution < -0.4 is 10.2 Å². The molecule has 6 heteroatoms. The Labute approximate surface area is 175 Å². The number of carbonyl (C=O) groups is 1. The summed E-state index contributed by atoms with van der Waals surface area (Å²) in [5.74, 6) is -0.425. The van der Waals surface area contributed by atoms with Crippen LogP contribution in [0, 0.1) is 10.1 Å². The third kappa shape index (κ3) is 4.33. The maximum atomic E-state index is 12.3. The quantitative estimate of drug-likeness (QED) is 0.498. The fourth-order valence-electron chi connectivity index (χ4n) is 3.83. The van der Waals surface area contributed by atoms with Gasteiger partial charge in [-0.1, -0.05) is 48.5 Å². The highest BCUT2D eigenvalue weighted by Crippen LogP contribution is 2.24. The first-order valence-corrected chi connectivity index (χ1v) is 10.0. The molecule has 4 rings (SSSR count). The molecular weight excluding hydrogens is 378 g/mol. The number of nitro groups is 1. The van der Waals surface area contributed by atoms with Gasteiger partial charge in [-0.15, -0.1) is 0 Å². The normalized spacial score (nSPS) is 12.9. The second-order valence-electron chi connectivity index (χ2n) is 7.39. The van der Waals surface area contributed by atoms with Crippen molar-refractivity contribution in [1.82, 2.24) is 5.32 Å². The Morgan fingerprint density at radius 1 is 0.967 bits per heavy atom. The topological polar surface area (TPSA) is 75.5 Å². The van der Waals surface area contributed by atoms with E-state index in [2.05, 4.69) is 58.7 Å². The minimum Gasteiger partial charge on any atom is -0.367 e. The number of rotatable bonds is 6. The molecule has 1 amide bonds. The van der Waals surface area contributed by atoms with E-state index in [-0.39, 0.29) is 11.3 Å². The maximum Gasteiger partial charge on any atom is 0.282 e. The molecule has 1 aliphatic heterocycles. The van der Waals surface area contributed by atoms with Crippen LogP contribution in [0.1, 0.15) is 27.0 Å². The molecular formula is C24H23N3O3. The molecule has 3 aromatic carbocycles. The van der Waals surface area contributed by atoms with Crippen molar-refractivity contribution in [3.05, 3.63) is 105 Å². The lowest BCUT2D eigenvalue weighted by atomic mass is 9.99. The minimum atomic E-state index is -0.535. The van der Waals surface area contributed by atoms with Crippen molar-refractivity contribution in [2.75, 3.05) is 18.0 Å². The zero-order valence-corrected chi connectivity index (χ0v) is 16.6. The van der Waals surface area contributed by atoms with Crippen molar-refractivity contribution in [3.8, 4) is 0 Å². The van der Waals surface area contributed by atoms with Crippen molar-refractivity contribution < 1.29 is 9.72 Å². The zero-order valence-electron chi connectivity index (χ0n) is 16.6. The summed E-state index contributed by atoms with van der Waals surface area (Å²) in [5.41, 5.74) is 5.02. The summed E-state index contributed by atoms with van der Waals surface area (Å²) in [6.45, 7) is 2.34. The zero-order chi connectivity index (χ0) is 20.9. The number of nitro benzene ring substituents is 1. The summed E-state index contributed by atoms with van der Waals surface area (Å²) in [5, 5.41) is 13.9. The van der Waals surface area contributed by atoms with Crippen LogP contribution in [0.25, 0.3) is 0 Å². The second kappa shape index (κ2) is 8.78. The lowest BCUT2D eigenvalue weighted by Gasteiger charge is -2.30. The van der Waals surface area contributed by atoms with E-state index >= 15 is 0 Å². The minimum absolute atomic E-state index is 0.0863. The Bertz CT molecular complexity index is 1060. The van der Waals surface area contributed by atoms with Crippen molar-refractivity contribution >= 4 is 17.3 Å². The van der Waals surface area contributed by atoms with Gasteiger partial charge in [0.1, 0.15) is 5.56 Å². The van der Waals surface area contributed by atoms with Gasteiger partial charge >= 0.3 is 0 Å². The summed E-state index contributed by atoms with van der Waals surface area (Å²) in [4.78, 5) is 25.2. The number of anilines is 1. The van der Waals surface area contributed by atoms with E-state index in [4.69, 9.17) is 0 Å². The summed E-state index contributed by atoms with van der Waals surface area (Å²) < 4.78 is 0. The standard InChI is InChI=1S/C24H23N3O3/c28-24(22-7-3-4-8-23(22)27(29)30)25-15-13-18-9-11-21(12-10-18)26-16-14-19-5-1-2-6-20(19)17-26/h1-12H,13-17H2,(H,25,28). The number of nitrogens with zero attached hydrogens (tertiary/aromatic N) is 2. The van der Waals surface area contributed by atoms with Crippen LogP contribution in [0.3, 0.4) is 0 Å². The van der Waals surface area contributed by atoms with Gasteiger partial charge in [-0.3, -0.25) is 14.9 Å². The lowest BCUT2D eigenvalue weighted by molar-refractivity contribution is -0.385. The van der Waals surface area contributed by atoms with E-state index < -0.39 is 10.8 Å². The van der Waals surface area contributed by atoms with E-state index in [1.165, 1.54) is 28.9 Å². The Morgan fingerprint density at radius 2 is 1.67 bits per heavy atom. The Morgan fingerprint density at radius 3 is 2.43 bits per heavy atom. The summed E-state index contributed by atoms with van der Waals surface area (Å²) in [7, 11) is 0. The molecule has 0 unspecified atom stereocenters. The molecule has 0 aliphatic carbocycles. The van der Waals surface area contributed by atoms with Crippen LogP contribution >= 0.6 is 0 Å². The van der Waals surface area contributed by atoms with E-state index in [1.54, 1.807) is 12.1 Å². The molecule has 0 fully saturated rings. The number of hydrogen-bond acceptors (Lipinski definition) is 4. The molecule has 1 N–H and O–H groups in total. The van der Waals surface area contributed by atoms with Gasteiger partial charge in [-0.05, 0) is 47.7 Å². The molecule has 0 saturated carbocycles. The molecule has 30 heavy (non-hydrogen) atoms. The largest absolute Gasteiger partial charge is 0.367 e. The first-order chi connectivity index (χ1) is 14.6. The van der Waals surface area contributed by atoms with Crippen LogP contribution in [0.2, 0.25) is 0 Å². The van der Waals surface area contributed by atoms with Gasteiger partial charge < -0.3 is 10.2 Å². The number of amides is 1. The van der Waals surface area contributed by atoms with E-state index in [1.807, 2.05) is 0 Å². The van der Waals surface area contributed by atoms with Crippen molar-refractivity contribution in [2.24, 2.45) is 0 Å². The van der Waals surface area contributed by atoms with Crippen LogP contribution in [0.5, 0.6) is 0 Å². The van der Waals surface area contributed by atoms with Gasteiger partial charge in [0.25, 0.3) is 11.6 Å². The first-order valence-electron chi connectivity index (χ1n) is 10.0. The molecule has 6 nitrogen and oxygen atoms in total. The van der Waals surface area contributed by atoms with Crippen LogP contribution in [0.4, 0.5) is 11.4 Å². The van der Waals surface area contributed by atoms with Crippen LogP contribution in [0.15, 0.2) is 72.8 Å². The van der Waals surface area contributed by atoms with E-state index in [0.29, 0.717) is 13.0 Å². The number of benzene rings is 3. The molecule has 0 aromatic heterocycles. The molecule has 0 radical (unpaired) electrons. The number of hydrogen-bond donors (Lipinski definition) is 1. The van der Waals surface area contributed by atoms with Gasteiger partial charge in [-0.2, -0.15) is 0 Å². The second-order valence-corrected chi connectivity index (χ2v) is 7.39. The highest BCUT2D eigenvalue weighted by molar-refractivity contribution is 5.98. The number of para-hydroxylation sites is 1. The monoisotopic (exact) mass is 401 g/mol. The average Bonchev–Trinajstić information content (AvgIpc) is 2.79. The van der Waals surface area contributed by atoms with Crippen LogP contribution in [-0.2, 0) is 19.4 Å². The van der Waals surface area contributed by atoms with Crippen molar-refractivity contribution in [3.63, 3.8) is 0 Å². The first kappa shape index (κ1) is 19.6. The predicted octanol–water partition coefficient (Wildman–Crippen LogP) is 4.13. The summed E-state index contributed by atoms with van der Waals surface area (Å²) >= 11 is 0. The van der Waals surface area contributed by atoms with Gasteiger partial charge in [-0.25, -0.2) is 0 Å². The number of fused-ring (bicyclic) bond motifs is 1. The molecule has 0 atom stereocenters. The summed E-state index contributed by atoms with van der Waals surface area (Å²) in [6.07, 6.45) is 1.71. The summed E-state index contributed by atoms with van der Waals surface area (Å²) in [6, 6.07) is 23.0. The molecule has 0 saturated heterocycles. The number of nitrogens with one attached hydrogen (secondary N) is 1. The molecule has 152 valence electrons. The fraction of sp³-hybridized carbons (Fsp3) is 0.208. The smallest absolute Gasteiger partial charge is 0.282 e. The van der Waals surface area contributed by atoms with Gasteiger partial charge in [0.2, 0.25) is 0 Å². The average molecular weight is 401 g/mol. The van der Waals surface area contributed by atoms with Crippen molar-refractivity contribution in [1.29, 1.82) is 0 Å². The molecule has 0 spiro atoms. The van der Waals surface area contributed by atoms with Gasteiger partial charge in [0.05, 0.1) is 4.92 Å². The Hall–Kier alpha value is -3.67. The third-order valence-electron chi connectivity index (χ3n) is 5.48. The molecule has 0 bridgehead atoms. The Kier molecular flexibility index (Phi) is 5.75. The van der Waals surface area contributed by atoms with Gasteiger partial charge in [0, 0.05) is 31.4 Å². The molecule has 1 heterocycles. The lowest BCUT2D eigenvalue weighted by Crippen LogP contribution is -2.30. The molecule has 1 aliphatic rings. The van der Waals surface area contributed by atoms with E-state index in [9.17, 15) is 14.9 Å². The van der Waals surface area contributed by atoms with E-state index in [0.717, 1.165) is 25.1 Å². The van der Waals surface area contributed by atoms with Crippen molar-refractivity contribution in [2.45, 2.75) is 19.4 Å².